The molecule has 0 saturated carbocycles. The highest BCUT2D eigenvalue weighted by Gasteiger charge is 2.04. The summed E-state index contributed by atoms with van der Waals surface area (Å²) in [5.74, 6) is 6.07. The Morgan fingerprint density at radius 1 is 1.20 bits per heavy atom. The molecule has 0 unspecified atom stereocenters. The molecule has 0 aliphatic heterocycles. The largest absolute Gasteiger partial charge is 0.308 e. The summed E-state index contributed by atoms with van der Waals surface area (Å²) in [4.78, 5) is 4.40. The molecule has 0 aliphatic rings. The summed E-state index contributed by atoms with van der Waals surface area (Å²) < 4.78 is 0. The van der Waals surface area contributed by atoms with E-state index in [1.165, 1.54) is 0 Å². The van der Waals surface area contributed by atoms with Gasteiger partial charge in [0.2, 0.25) is 0 Å². The fourth-order valence-corrected chi connectivity index (χ4v) is 1.72. The van der Waals surface area contributed by atoms with Crippen LogP contribution >= 0.6 is 11.6 Å². The third-order valence-electron chi connectivity index (χ3n) is 2.42. The number of aromatic nitrogens is 1. The highest BCUT2D eigenvalue weighted by Crippen LogP contribution is 2.25. The van der Waals surface area contributed by atoms with Gasteiger partial charge in [0.15, 0.2) is 0 Å². The minimum atomic E-state index is 0.698. The summed E-state index contributed by atoms with van der Waals surface area (Å²) in [6, 6.07) is 5.90. The fraction of sp³-hybridized carbons (Fsp3) is 0.182. The van der Waals surface area contributed by atoms with E-state index in [1.807, 2.05) is 32.0 Å². The molecular formula is C11H12ClN3. The van der Waals surface area contributed by atoms with Crippen molar-refractivity contribution in [1.82, 2.24) is 4.98 Å². The molecule has 0 spiro atoms. The summed E-state index contributed by atoms with van der Waals surface area (Å²) in [6.07, 6.45) is 0. The monoisotopic (exact) mass is 221 g/mol. The first kappa shape index (κ1) is 10.2. The predicted molar refractivity (Wildman–Crippen MR) is 64.0 cm³/mol. The Bertz CT molecular complexity index is 523. The van der Waals surface area contributed by atoms with Crippen molar-refractivity contribution >= 4 is 28.3 Å². The molecule has 0 aliphatic carbocycles. The predicted octanol–water partition coefficient (Wildman–Crippen LogP) is 2.79. The van der Waals surface area contributed by atoms with Crippen LogP contribution in [0, 0.1) is 13.8 Å². The molecular weight excluding hydrogens is 210 g/mol. The van der Waals surface area contributed by atoms with Crippen LogP contribution in [0.3, 0.4) is 0 Å². The molecule has 3 N–H and O–H groups in total. The number of fused-ring (bicyclic) bond motifs is 1. The molecule has 1 aromatic heterocycles. The lowest BCUT2D eigenvalue weighted by Crippen LogP contribution is -2.10. The molecule has 0 saturated heterocycles. The smallest absolute Gasteiger partial charge is 0.143 e. The van der Waals surface area contributed by atoms with E-state index in [0.717, 1.165) is 27.1 Å². The van der Waals surface area contributed by atoms with Crippen LogP contribution in [0.25, 0.3) is 10.9 Å². The lowest BCUT2D eigenvalue weighted by Gasteiger charge is -2.07. The standard InChI is InChI=1S/C11H12ClN3/c1-6-4-10-8(5-9(6)12)3-7(2)11(14-10)15-13/h3-5H,13H2,1-2H3,(H,14,15). The van der Waals surface area contributed by atoms with Crippen molar-refractivity contribution in [2.75, 3.05) is 5.43 Å². The molecule has 1 aromatic carbocycles. The van der Waals surface area contributed by atoms with E-state index in [4.69, 9.17) is 17.4 Å². The topological polar surface area (TPSA) is 50.9 Å². The zero-order valence-corrected chi connectivity index (χ0v) is 9.39. The average Bonchev–Trinajstić information content (AvgIpc) is 2.20. The zero-order chi connectivity index (χ0) is 11.0. The lowest BCUT2D eigenvalue weighted by atomic mass is 10.1. The van der Waals surface area contributed by atoms with Crippen LogP contribution in [0.5, 0.6) is 0 Å². The van der Waals surface area contributed by atoms with Gasteiger partial charge in [-0.05, 0) is 43.2 Å². The van der Waals surface area contributed by atoms with Crippen molar-refractivity contribution in [1.29, 1.82) is 0 Å². The van der Waals surface area contributed by atoms with E-state index < -0.39 is 0 Å². The van der Waals surface area contributed by atoms with E-state index in [9.17, 15) is 0 Å². The molecule has 15 heavy (non-hydrogen) atoms. The number of nitrogens with two attached hydrogens (primary N) is 1. The Hall–Kier alpha value is -1.32. The van der Waals surface area contributed by atoms with Gasteiger partial charge in [-0.15, -0.1) is 0 Å². The van der Waals surface area contributed by atoms with Crippen LogP contribution in [0.1, 0.15) is 11.1 Å². The van der Waals surface area contributed by atoms with E-state index >= 15 is 0 Å². The lowest BCUT2D eigenvalue weighted by molar-refractivity contribution is 1.22. The first-order chi connectivity index (χ1) is 7.11. The quantitative estimate of drug-likeness (QED) is 0.575. The van der Waals surface area contributed by atoms with Gasteiger partial charge in [0.05, 0.1) is 5.52 Å². The van der Waals surface area contributed by atoms with Gasteiger partial charge in [-0.3, -0.25) is 0 Å². The second-order valence-electron chi connectivity index (χ2n) is 3.59. The van der Waals surface area contributed by atoms with Gasteiger partial charge < -0.3 is 5.43 Å². The van der Waals surface area contributed by atoms with Crippen LogP contribution in [-0.4, -0.2) is 4.98 Å². The van der Waals surface area contributed by atoms with E-state index in [2.05, 4.69) is 10.4 Å². The van der Waals surface area contributed by atoms with Crippen molar-refractivity contribution in [3.05, 3.63) is 34.3 Å². The minimum Gasteiger partial charge on any atom is -0.308 e. The fourth-order valence-electron chi connectivity index (χ4n) is 1.55. The Balaban J connectivity index is 2.76. The highest BCUT2D eigenvalue weighted by molar-refractivity contribution is 6.32. The molecule has 2 aromatic rings. The minimum absolute atomic E-state index is 0.698. The van der Waals surface area contributed by atoms with Gasteiger partial charge in [-0.1, -0.05) is 11.6 Å². The molecule has 0 fully saturated rings. The first-order valence-corrected chi connectivity index (χ1v) is 5.03. The van der Waals surface area contributed by atoms with Gasteiger partial charge in [0, 0.05) is 10.4 Å². The Labute approximate surface area is 93.2 Å². The number of nitrogens with zero attached hydrogens (tertiary/aromatic N) is 1. The van der Waals surface area contributed by atoms with Crippen molar-refractivity contribution < 1.29 is 0 Å². The summed E-state index contributed by atoms with van der Waals surface area (Å²) in [5.41, 5.74) is 5.50. The van der Waals surface area contributed by atoms with Gasteiger partial charge in [0.25, 0.3) is 0 Å². The molecule has 3 nitrogen and oxygen atoms in total. The molecule has 4 heteroatoms. The van der Waals surface area contributed by atoms with Gasteiger partial charge in [-0.25, -0.2) is 10.8 Å². The number of hydrogen-bond donors (Lipinski definition) is 2. The summed E-state index contributed by atoms with van der Waals surface area (Å²) in [5, 5.41) is 1.79. The maximum Gasteiger partial charge on any atom is 0.143 e. The Morgan fingerprint density at radius 2 is 1.93 bits per heavy atom. The molecule has 78 valence electrons. The summed E-state index contributed by atoms with van der Waals surface area (Å²) in [7, 11) is 0. The average molecular weight is 222 g/mol. The summed E-state index contributed by atoms with van der Waals surface area (Å²) in [6.45, 7) is 3.91. The van der Waals surface area contributed by atoms with Crippen LogP contribution in [0.15, 0.2) is 18.2 Å². The highest BCUT2D eigenvalue weighted by atomic mass is 35.5. The van der Waals surface area contributed by atoms with Crippen molar-refractivity contribution in [2.45, 2.75) is 13.8 Å². The molecule has 0 bridgehead atoms. The van der Waals surface area contributed by atoms with Crippen LogP contribution < -0.4 is 11.3 Å². The molecule has 1 heterocycles. The SMILES string of the molecule is Cc1cc2nc(NN)c(C)cc2cc1Cl. The number of aryl methyl sites for hydroxylation is 2. The Morgan fingerprint density at radius 3 is 2.60 bits per heavy atom. The van der Waals surface area contributed by atoms with Crippen LogP contribution in [0.2, 0.25) is 5.02 Å². The van der Waals surface area contributed by atoms with Crippen molar-refractivity contribution in [3.8, 4) is 0 Å². The van der Waals surface area contributed by atoms with Gasteiger partial charge in [-0.2, -0.15) is 0 Å². The first-order valence-electron chi connectivity index (χ1n) is 4.66. The Kier molecular flexibility index (Phi) is 2.50. The molecule has 0 atom stereocenters. The summed E-state index contributed by atoms with van der Waals surface area (Å²) >= 11 is 6.05. The molecule has 2 rings (SSSR count). The maximum absolute atomic E-state index is 6.05. The molecule has 0 radical (unpaired) electrons. The number of hydrogen-bond acceptors (Lipinski definition) is 3. The number of rotatable bonds is 1. The number of nitrogen functional groups attached to an aromatic ring is 1. The number of pyridine rings is 1. The van der Waals surface area contributed by atoms with Crippen molar-refractivity contribution in [2.24, 2.45) is 5.84 Å². The van der Waals surface area contributed by atoms with Gasteiger partial charge >= 0.3 is 0 Å². The number of hydrazine groups is 1. The number of anilines is 1. The zero-order valence-electron chi connectivity index (χ0n) is 8.63. The second-order valence-corrected chi connectivity index (χ2v) is 4.00. The third-order valence-corrected chi connectivity index (χ3v) is 2.83. The molecule has 0 amide bonds. The number of halogens is 1. The van der Waals surface area contributed by atoms with Crippen molar-refractivity contribution in [3.63, 3.8) is 0 Å². The number of nitrogens with one attached hydrogen (secondary N) is 1. The van der Waals surface area contributed by atoms with Gasteiger partial charge in [0.1, 0.15) is 5.82 Å². The van der Waals surface area contributed by atoms with E-state index in [1.54, 1.807) is 0 Å². The van der Waals surface area contributed by atoms with Crippen LogP contribution in [-0.2, 0) is 0 Å². The van der Waals surface area contributed by atoms with Crippen LogP contribution in [0.4, 0.5) is 5.82 Å². The normalized spacial score (nSPS) is 10.7. The van der Waals surface area contributed by atoms with E-state index in [-0.39, 0.29) is 0 Å². The number of benzene rings is 1. The second kappa shape index (κ2) is 3.68. The maximum atomic E-state index is 6.05. The third kappa shape index (κ3) is 1.76. The van der Waals surface area contributed by atoms with E-state index in [0.29, 0.717) is 5.82 Å².